The minimum absolute atomic E-state index is 0.531. The molecule has 0 bridgehead atoms. The second kappa shape index (κ2) is 18.4. The Balaban J connectivity index is 0.815. The zero-order chi connectivity index (χ0) is 54.6. The van der Waals surface area contributed by atoms with Gasteiger partial charge in [-0.25, -0.2) is 0 Å². The molecule has 13 aromatic carbocycles. The topological polar surface area (TPSA) is 21.7 Å². The minimum atomic E-state index is -0.568. The molecule has 0 saturated heterocycles. The lowest BCUT2D eigenvalue weighted by Crippen LogP contribution is -2.32. The summed E-state index contributed by atoms with van der Waals surface area (Å²) in [6.45, 7) is 0. The van der Waals surface area contributed by atoms with E-state index in [0.717, 1.165) is 84.6 Å². The quantitative estimate of drug-likeness (QED) is 0.159. The molecule has 0 saturated carbocycles. The molecule has 0 amide bonds. The number of anilines is 3. The van der Waals surface area contributed by atoms with Crippen LogP contribution in [0.2, 0.25) is 0 Å². The summed E-state index contributed by atoms with van der Waals surface area (Å²) in [5, 5.41) is 0. The monoisotopic (exact) mass is 1060 g/mol. The van der Waals surface area contributed by atoms with Gasteiger partial charge in [0.15, 0.2) is 0 Å². The van der Waals surface area contributed by atoms with Crippen molar-refractivity contribution in [2.24, 2.45) is 0 Å². The van der Waals surface area contributed by atoms with Crippen molar-refractivity contribution in [3.63, 3.8) is 0 Å². The van der Waals surface area contributed by atoms with Gasteiger partial charge in [-0.05, 0) is 156 Å². The van der Waals surface area contributed by atoms with Gasteiger partial charge in [0.2, 0.25) is 0 Å². The van der Waals surface area contributed by atoms with Gasteiger partial charge in [-0.15, -0.1) is 0 Å². The van der Waals surface area contributed by atoms with E-state index in [4.69, 9.17) is 9.47 Å². The van der Waals surface area contributed by atoms with Crippen molar-refractivity contribution in [2.75, 3.05) is 4.90 Å². The first-order chi connectivity index (χ1) is 41.1. The fourth-order valence-corrected chi connectivity index (χ4v) is 14.6. The number of benzene rings is 13. The number of nitrogens with zero attached hydrogens (tertiary/aromatic N) is 1. The SMILES string of the molecule is c1ccc(-c2ccc(-c3ccc(N(c4cccc(-c5ccc6c(c5)-c5ccccc5C65c6ccccc6Oc6ccccc65)c4)c4cccc(-c5cccc6c5-c5ccccc5C65c6ccccc6Oc6ccccc65)c4)cc3)cc2)cc1. The summed E-state index contributed by atoms with van der Waals surface area (Å²) in [5.41, 5.74) is 26.1. The Labute approximate surface area is 483 Å². The van der Waals surface area contributed by atoms with Gasteiger partial charge < -0.3 is 14.4 Å². The van der Waals surface area contributed by atoms with Crippen LogP contribution in [0.3, 0.4) is 0 Å². The average molecular weight is 1060 g/mol. The minimum Gasteiger partial charge on any atom is -0.457 e. The van der Waals surface area contributed by atoms with Gasteiger partial charge in [0.1, 0.15) is 23.0 Å². The van der Waals surface area contributed by atoms with Crippen LogP contribution in [0.15, 0.2) is 309 Å². The highest BCUT2D eigenvalue weighted by Gasteiger charge is 2.53. The highest BCUT2D eigenvalue weighted by atomic mass is 16.5. The smallest absolute Gasteiger partial charge is 0.132 e. The van der Waals surface area contributed by atoms with Gasteiger partial charge in [-0.3, -0.25) is 0 Å². The fourth-order valence-electron chi connectivity index (χ4n) is 14.6. The van der Waals surface area contributed by atoms with Crippen LogP contribution in [0, 0.1) is 0 Å². The number of para-hydroxylation sites is 4. The molecule has 13 aromatic rings. The van der Waals surface area contributed by atoms with Crippen LogP contribution >= 0.6 is 0 Å². The molecule has 2 heterocycles. The highest BCUT2D eigenvalue weighted by Crippen LogP contribution is 2.65. The van der Waals surface area contributed by atoms with Crippen molar-refractivity contribution in [3.8, 4) is 89.8 Å². The zero-order valence-electron chi connectivity index (χ0n) is 45.2. The Morgan fingerprint density at radius 3 is 1.14 bits per heavy atom. The predicted octanol–water partition coefficient (Wildman–Crippen LogP) is 20.8. The second-order valence-corrected chi connectivity index (χ2v) is 22.2. The van der Waals surface area contributed by atoms with Crippen LogP contribution in [0.1, 0.15) is 44.5 Å². The van der Waals surface area contributed by atoms with E-state index in [0.29, 0.717) is 0 Å². The molecule has 0 radical (unpaired) electrons. The third-order valence-corrected chi connectivity index (χ3v) is 18.0. The largest absolute Gasteiger partial charge is 0.457 e. The van der Waals surface area contributed by atoms with Gasteiger partial charge in [0.05, 0.1) is 10.8 Å². The molecule has 17 rings (SSSR count). The summed E-state index contributed by atoms with van der Waals surface area (Å²) in [6.07, 6.45) is 0. The maximum absolute atomic E-state index is 6.70. The summed E-state index contributed by atoms with van der Waals surface area (Å²) in [7, 11) is 0. The summed E-state index contributed by atoms with van der Waals surface area (Å²) in [6, 6.07) is 113. The molecule has 3 heteroatoms. The van der Waals surface area contributed by atoms with Crippen molar-refractivity contribution in [1.29, 1.82) is 0 Å². The van der Waals surface area contributed by atoms with Crippen LogP contribution in [0.5, 0.6) is 23.0 Å². The van der Waals surface area contributed by atoms with Gasteiger partial charge in [-0.1, -0.05) is 243 Å². The molecule has 0 atom stereocenters. The summed E-state index contributed by atoms with van der Waals surface area (Å²) < 4.78 is 13.3. The molecule has 0 aromatic heterocycles. The molecule has 83 heavy (non-hydrogen) atoms. The van der Waals surface area contributed by atoms with Crippen LogP contribution in [-0.4, -0.2) is 0 Å². The second-order valence-electron chi connectivity index (χ2n) is 22.2. The first-order valence-corrected chi connectivity index (χ1v) is 28.6. The van der Waals surface area contributed by atoms with E-state index >= 15 is 0 Å². The molecule has 2 aliphatic heterocycles. The molecule has 388 valence electrons. The van der Waals surface area contributed by atoms with E-state index in [1.165, 1.54) is 66.8 Å². The third kappa shape index (κ3) is 6.92. The van der Waals surface area contributed by atoms with E-state index < -0.39 is 10.8 Å². The van der Waals surface area contributed by atoms with Crippen molar-refractivity contribution in [3.05, 3.63) is 354 Å². The van der Waals surface area contributed by atoms with Gasteiger partial charge in [0, 0.05) is 39.3 Å². The first-order valence-electron chi connectivity index (χ1n) is 28.6. The van der Waals surface area contributed by atoms with Gasteiger partial charge >= 0.3 is 0 Å². The van der Waals surface area contributed by atoms with Crippen LogP contribution in [0.25, 0.3) is 66.8 Å². The Bertz CT molecular complexity index is 4660. The first kappa shape index (κ1) is 47.1. The molecule has 0 fully saturated rings. The zero-order valence-corrected chi connectivity index (χ0v) is 45.2. The Kier molecular flexibility index (Phi) is 10.4. The van der Waals surface area contributed by atoms with Gasteiger partial charge in [-0.2, -0.15) is 0 Å². The van der Waals surface area contributed by atoms with Crippen LogP contribution < -0.4 is 14.4 Å². The number of hydrogen-bond acceptors (Lipinski definition) is 3. The Hall–Kier alpha value is -10.7. The molecule has 3 nitrogen and oxygen atoms in total. The normalized spacial score (nSPS) is 13.7. The van der Waals surface area contributed by atoms with E-state index in [2.05, 4.69) is 314 Å². The van der Waals surface area contributed by atoms with Crippen molar-refractivity contribution in [2.45, 2.75) is 10.8 Å². The molecular formula is C80H51NO2. The van der Waals surface area contributed by atoms with E-state index in [-0.39, 0.29) is 0 Å². The van der Waals surface area contributed by atoms with Crippen molar-refractivity contribution < 1.29 is 9.47 Å². The lowest BCUT2D eigenvalue weighted by molar-refractivity contribution is 0.436. The number of fused-ring (bicyclic) bond motifs is 18. The van der Waals surface area contributed by atoms with Crippen LogP contribution in [-0.2, 0) is 10.8 Å². The van der Waals surface area contributed by atoms with Crippen molar-refractivity contribution in [1.82, 2.24) is 0 Å². The van der Waals surface area contributed by atoms with Gasteiger partial charge in [0.25, 0.3) is 0 Å². The van der Waals surface area contributed by atoms with Crippen molar-refractivity contribution >= 4 is 17.1 Å². The molecule has 0 N–H and O–H groups in total. The predicted molar refractivity (Wildman–Crippen MR) is 338 cm³/mol. The summed E-state index contributed by atoms with van der Waals surface area (Å²) in [4.78, 5) is 2.42. The average Bonchev–Trinajstić information content (AvgIpc) is 1.80. The molecule has 2 aliphatic carbocycles. The Morgan fingerprint density at radius 2 is 0.566 bits per heavy atom. The number of hydrogen-bond donors (Lipinski definition) is 0. The molecule has 4 aliphatic rings. The Morgan fingerprint density at radius 1 is 0.205 bits per heavy atom. The van der Waals surface area contributed by atoms with E-state index in [1.807, 2.05) is 0 Å². The highest BCUT2D eigenvalue weighted by molar-refractivity contribution is 5.98. The standard InChI is InChI=1S/C80H51NO2/c1-2-19-52(20-3-1)53-39-41-54(42-40-53)55-43-46-59(47-44-55)81(60-23-16-21-56(49-60)57-45-48-68-65(51-57)63-25-4-6-28-66(63)79(68)69-30-8-12-35-74(69)82-75-36-13-9-31-70(75)79)61-24-17-22-58(50-61)62-27-18-34-73-78(62)64-26-5-7-29-67(64)80(73)71-32-10-14-37-76(71)83-77-38-15-11-33-72(77)80/h1-51H. The summed E-state index contributed by atoms with van der Waals surface area (Å²) in [5.74, 6) is 3.56. The summed E-state index contributed by atoms with van der Waals surface area (Å²) >= 11 is 0. The van der Waals surface area contributed by atoms with E-state index in [1.54, 1.807) is 0 Å². The lowest BCUT2D eigenvalue weighted by Gasteiger charge is -2.39. The number of rotatable bonds is 7. The molecule has 0 unspecified atom stereocenters. The van der Waals surface area contributed by atoms with Crippen LogP contribution in [0.4, 0.5) is 17.1 Å². The molecule has 2 spiro atoms. The third-order valence-electron chi connectivity index (χ3n) is 18.0. The lowest BCUT2D eigenvalue weighted by atomic mass is 9.66. The maximum Gasteiger partial charge on any atom is 0.132 e. The number of ether oxygens (including phenoxy) is 2. The van der Waals surface area contributed by atoms with E-state index in [9.17, 15) is 0 Å². The maximum atomic E-state index is 6.70. The molecular weight excluding hydrogens is 1010 g/mol. The fraction of sp³-hybridized carbons (Fsp3) is 0.0250.